The number of carbonyl (C=O) groups is 2. The van der Waals surface area contributed by atoms with E-state index in [4.69, 9.17) is 15.6 Å². The molecule has 1 aromatic rings. The van der Waals surface area contributed by atoms with Gasteiger partial charge in [0, 0.05) is 12.7 Å². The van der Waals surface area contributed by atoms with Crippen molar-refractivity contribution in [3.63, 3.8) is 0 Å². The Bertz CT molecular complexity index is 506. The number of aromatic carboxylic acids is 1. The molecule has 7 heteroatoms. The van der Waals surface area contributed by atoms with E-state index in [1.807, 2.05) is 0 Å². The molecule has 2 rings (SSSR count). The molecule has 0 aromatic carbocycles. The standard InChI is InChI=1S/C13H17N3O4/c14-6-10-1-2-11(20-10)12(17)16-7-9-5-8(13(18)19)3-4-15-9/h3-5,10-11H,1-2,6-7,14H2,(H,16,17)(H,18,19). The van der Waals surface area contributed by atoms with Crippen LogP contribution in [0.2, 0.25) is 0 Å². The fraction of sp³-hybridized carbons (Fsp3) is 0.462. The van der Waals surface area contributed by atoms with Crippen LogP contribution in [0.5, 0.6) is 0 Å². The number of carboxylic acids is 1. The van der Waals surface area contributed by atoms with E-state index in [1.54, 1.807) is 0 Å². The highest BCUT2D eigenvalue weighted by Crippen LogP contribution is 2.18. The number of ether oxygens (including phenoxy) is 1. The van der Waals surface area contributed by atoms with Crippen molar-refractivity contribution in [1.82, 2.24) is 10.3 Å². The molecule has 108 valence electrons. The van der Waals surface area contributed by atoms with E-state index >= 15 is 0 Å². The third-order valence-electron chi connectivity index (χ3n) is 3.17. The number of amides is 1. The number of nitrogens with two attached hydrogens (primary N) is 1. The van der Waals surface area contributed by atoms with Crippen LogP contribution >= 0.6 is 0 Å². The van der Waals surface area contributed by atoms with Crippen LogP contribution in [0.15, 0.2) is 18.3 Å². The van der Waals surface area contributed by atoms with Crippen molar-refractivity contribution < 1.29 is 19.4 Å². The zero-order chi connectivity index (χ0) is 14.5. The van der Waals surface area contributed by atoms with Gasteiger partial charge in [0.05, 0.1) is 23.9 Å². The SMILES string of the molecule is NCC1CCC(C(=O)NCc2cc(C(=O)O)ccn2)O1. The predicted octanol–water partition coefficient (Wildman–Crippen LogP) is -0.0977. The third kappa shape index (κ3) is 3.52. The van der Waals surface area contributed by atoms with Gasteiger partial charge in [0.15, 0.2) is 0 Å². The number of rotatable bonds is 5. The molecule has 1 aromatic heterocycles. The summed E-state index contributed by atoms with van der Waals surface area (Å²) in [5, 5.41) is 11.6. The van der Waals surface area contributed by atoms with Crippen LogP contribution in [0, 0.1) is 0 Å². The molecule has 1 saturated heterocycles. The van der Waals surface area contributed by atoms with Gasteiger partial charge in [0.1, 0.15) is 6.10 Å². The van der Waals surface area contributed by atoms with Gasteiger partial charge in [-0.1, -0.05) is 0 Å². The molecule has 2 heterocycles. The van der Waals surface area contributed by atoms with Gasteiger partial charge in [-0.05, 0) is 25.0 Å². The summed E-state index contributed by atoms with van der Waals surface area (Å²) in [7, 11) is 0. The van der Waals surface area contributed by atoms with Crippen LogP contribution in [0.4, 0.5) is 0 Å². The zero-order valence-electron chi connectivity index (χ0n) is 10.9. The fourth-order valence-corrected chi connectivity index (χ4v) is 2.07. The Hall–Kier alpha value is -1.99. The van der Waals surface area contributed by atoms with Gasteiger partial charge in [-0.25, -0.2) is 4.79 Å². The summed E-state index contributed by atoms with van der Waals surface area (Å²) in [5.41, 5.74) is 6.12. The van der Waals surface area contributed by atoms with Crippen LogP contribution in [0.25, 0.3) is 0 Å². The van der Waals surface area contributed by atoms with Gasteiger partial charge < -0.3 is 20.9 Å². The van der Waals surface area contributed by atoms with Crippen LogP contribution in [0.1, 0.15) is 28.9 Å². The van der Waals surface area contributed by atoms with Crippen molar-refractivity contribution in [2.24, 2.45) is 5.73 Å². The van der Waals surface area contributed by atoms with E-state index in [0.29, 0.717) is 18.7 Å². The maximum absolute atomic E-state index is 11.9. The van der Waals surface area contributed by atoms with E-state index in [2.05, 4.69) is 10.3 Å². The van der Waals surface area contributed by atoms with Crippen LogP contribution < -0.4 is 11.1 Å². The molecule has 2 atom stereocenters. The number of nitrogens with one attached hydrogen (secondary N) is 1. The van der Waals surface area contributed by atoms with E-state index in [9.17, 15) is 9.59 Å². The Kier molecular flexibility index (Phi) is 4.65. The van der Waals surface area contributed by atoms with Crippen molar-refractivity contribution in [3.8, 4) is 0 Å². The van der Waals surface area contributed by atoms with Gasteiger partial charge in [-0.3, -0.25) is 9.78 Å². The first kappa shape index (κ1) is 14.4. The molecule has 1 fully saturated rings. The highest BCUT2D eigenvalue weighted by molar-refractivity contribution is 5.87. The van der Waals surface area contributed by atoms with Crippen molar-refractivity contribution in [1.29, 1.82) is 0 Å². The molecular weight excluding hydrogens is 262 g/mol. The fourth-order valence-electron chi connectivity index (χ4n) is 2.07. The average Bonchev–Trinajstić information content (AvgIpc) is 2.94. The molecule has 1 amide bonds. The smallest absolute Gasteiger partial charge is 0.335 e. The van der Waals surface area contributed by atoms with Gasteiger partial charge in [-0.15, -0.1) is 0 Å². The van der Waals surface area contributed by atoms with Gasteiger partial charge >= 0.3 is 5.97 Å². The third-order valence-corrected chi connectivity index (χ3v) is 3.17. The second-order valence-electron chi connectivity index (χ2n) is 4.62. The predicted molar refractivity (Wildman–Crippen MR) is 70.0 cm³/mol. The molecule has 0 spiro atoms. The molecule has 7 nitrogen and oxygen atoms in total. The lowest BCUT2D eigenvalue weighted by Gasteiger charge is -2.12. The molecule has 1 aliphatic rings. The first-order valence-corrected chi connectivity index (χ1v) is 6.41. The number of carboxylic acid groups (broad SMARTS) is 1. The van der Waals surface area contributed by atoms with E-state index in [1.165, 1.54) is 18.3 Å². The molecule has 1 aliphatic heterocycles. The summed E-state index contributed by atoms with van der Waals surface area (Å²) in [6.07, 6.45) is 2.30. The van der Waals surface area contributed by atoms with Crippen LogP contribution in [-0.2, 0) is 16.1 Å². The molecule has 0 saturated carbocycles. The number of hydrogen-bond acceptors (Lipinski definition) is 5. The first-order valence-electron chi connectivity index (χ1n) is 6.41. The summed E-state index contributed by atoms with van der Waals surface area (Å²) < 4.78 is 5.47. The molecule has 20 heavy (non-hydrogen) atoms. The zero-order valence-corrected chi connectivity index (χ0v) is 10.9. The van der Waals surface area contributed by atoms with E-state index in [0.717, 1.165) is 6.42 Å². The second-order valence-corrected chi connectivity index (χ2v) is 4.62. The van der Waals surface area contributed by atoms with E-state index < -0.39 is 12.1 Å². The van der Waals surface area contributed by atoms with Crippen molar-refractivity contribution in [2.45, 2.75) is 31.6 Å². The quantitative estimate of drug-likeness (QED) is 0.693. The largest absolute Gasteiger partial charge is 0.478 e. The average molecular weight is 279 g/mol. The molecular formula is C13H17N3O4. The molecule has 0 radical (unpaired) electrons. The Balaban J connectivity index is 1.87. The minimum Gasteiger partial charge on any atom is -0.478 e. The lowest BCUT2D eigenvalue weighted by Crippen LogP contribution is -2.35. The lowest BCUT2D eigenvalue weighted by atomic mass is 10.2. The summed E-state index contributed by atoms with van der Waals surface area (Å²) in [6.45, 7) is 0.582. The van der Waals surface area contributed by atoms with Crippen LogP contribution in [0.3, 0.4) is 0 Å². The normalized spacial score (nSPS) is 21.6. The van der Waals surface area contributed by atoms with Crippen molar-refractivity contribution in [2.75, 3.05) is 6.54 Å². The number of aromatic nitrogens is 1. The first-order chi connectivity index (χ1) is 9.60. The molecule has 4 N–H and O–H groups in total. The van der Waals surface area contributed by atoms with Gasteiger partial charge in [0.25, 0.3) is 0 Å². The molecule has 0 aliphatic carbocycles. The highest BCUT2D eigenvalue weighted by Gasteiger charge is 2.29. The number of hydrogen-bond donors (Lipinski definition) is 3. The minimum absolute atomic E-state index is 0.0563. The lowest BCUT2D eigenvalue weighted by molar-refractivity contribution is -0.132. The number of pyridine rings is 1. The number of nitrogens with zero attached hydrogens (tertiary/aromatic N) is 1. The van der Waals surface area contributed by atoms with Crippen molar-refractivity contribution >= 4 is 11.9 Å². The Labute approximate surface area is 116 Å². The maximum Gasteiger partial charge on any atom is 0.335 e. The minimum atomic E-state index is -1.02. The van der Waals surface area contributed by atoms with Crippen molar-refractivity contribution in [3.05, 3.63) is 29.6 Å². The Morgan fingerprint density at radius 1 is 1.50 bits per heavy atom. The Morgan fingerprint density at radius 3 is 2.95 bits per heavy atom. The summed E-state index contributed by atoms with van der Waals surface area (Å²) in [6, 6.07) is 2.83. The topological polar surface area (TPSA) is 115 Å². The van der Waals surface area contributed by atoms with Gasteiger partial charge in [-0.2, -0.15) is 0 Å². The molecule has 0 bridgehead atoms. The summed E-state index contributed by atoms with van der Waals surface area (Å²) >= 11 is 0. The summed E-state index contributed by atoms with van der Waals surface area (Å²) in [5.74, 6) is -1.24. The van der Waals surface area contributed by atoms with Crippen LogP contribution in [-0.4, -0.2) is 40.7 Å². The molecule has 2 unspecified atom stereocenters. The van der Waals surface area contributed by atoms with E-state index in [-0.39, 0.29) is 24.1 Å². The monoisotopic (exact) mass is 279 g/mol. The summed E-state index contributed by atoms with van der Waals surface area (Å²) in [4.78, 5) is 26.7. The highest BCUT2D eigenvalue weighted by atomic mass is 16.5. The second kappa shape index (κ2) is 6.44. The Morgan fingerprint density at radius 2 is 2.30 bits per heavy atom. The maximum atomic E-state index is 11.9. The van der Waals surface area contributed by atoms with Gasteiger partial charge in [0.2, 0.25) is 5.91 Å². The number of carbonyl (C=O) groups excluding carboxylic acids is 1.